The number of hydrogen-bond donors (Lipinski definition) is 1. The SMILES string of the molecule is COc1cc2c(cc1OC)[C@@H]1C[C@H]2C[C@@H]1N/C(Cc1ccccc1C)=N/C#N. The summed E-state index contributed by atoms with van der Waals surface area (Å²) < 4.78 is 11.0. The molecule has 1 N–H and O–H groups in total. The molecule has 2 aromatic rings. The molecule has 0 spiro atoms. The van der Waals surface area contributed by atoms with Crippen LogP contribution in [0.1, 0.15) is 46.9 Å². The summed E-state index contributed by atoms with van der Waals surface area (Å²) in [5.41, 5.74) is 5.11. The number of rotatable bonds is 5. The first-order valence-electron chi connectivity index (χ1n) is 9.67. The van der Waals surface area contributed by atoms with Crippen molar-refractivity contribution < 1.29 is 9.47 Å². The van der Waals surface area contributed by atoms with E-state index in [0.717, 1.165) is 30.2 Å². The minimum absolute atomic E-state index is 0.284. The summed E-state index contributed by atoms with van der Waals surface area (Å²) in [4.78, 5) is 4.09. The maximum atomic E-state index is 9.17. The maximum absolute atomic E-state index is 9.17. The number of nitrogens with zero attached hydrogens (tertiary/aromatic N) is 2. The van der Waals surface area contributed by atoms with Crippen LogP contribution in [0, 0.1) is 18.4 Å². The molecule has 0 aliphatic heterocycles. The number of aliphatic imine (C=N–C) groups is 1. The van der Waals surface area contributed by atoms with Gasteiger partial charge < -0.3 is 14.8 Å². The van der Waals surface area contributed by atoms with E-state index in [1.807, 2.05) is 18.3 Å². The number of nitrogens with one attached hydrogen (secondary N) is 1. The van der Waals surface area contributed by atoms with Crippen LogP contribution in [0.4, 0.5) is 0 Å². The maximum Gasteiger partial charge on any atom is 0.207 e. The fraction of sp³-hybridized carbons (Fsp3) is 0.391. The highest BCUT2D eigenvalue weighted by Crippen LogP contribution is 2.55. The van der Waals surface area contributed by atoms with Crippen LogP contribution >= 0.6 is 0 Å². The molecule has 144 valence electrons. The summed E-state index contributed by atoms with van der Waals surface area (Å²) in [6.07, 6.45) is 4.78. The molecule has 2 bridgehead atoms. The Balaban J connectivity index is 1.56. The number of fused-ring (bicyclic) bond motifs is 5. The molecule has 0 radical (unpaired) electrons. The highest BCUT2D eigenvalue weighted by Gasteiger charge is 2.44. The zero-order chi connectivity index (χ0) is 19.7. The Morgan fingerprint density at radius 1 is 1.14 bits per heavy atom. The van der Waals surface area contributed by atoms with Crippen molar-refractivity contribution in [2.75, 3.05) is 14.2 Å². The Bertz CT molecular complexity index is 961. The lowest BCUT2D eigenvalue weighted by Crippen LogP contribution is -2.38. The summed E-state index contributed by atoms with van der Waals surface area (Å²) in [6, 6.07) is 12.8. The molecule has 2 aliphatic carbocycles. The van der Waals surface area contributed by atoms with Gasteiger partial charge in [0.2, 0.25) is 6.19 Å². The smallest absolute Gasteiger partial charge is 0.207 e. The average Bonchev–Trinajstić information content (AvgIpc) is 3.27. The Labute approximate surface area is 166 Å². The first kappa shape index (κ1) is 18.4. The number of amidine groups is 1. The third-order valence-corrected chi connectivity index (χ3v) is 6.15. The van der Waals surface area contributed by atoms with Crippen LogP contribution in [0.2, 0.25) is 0 Å². The molecule has 5 heteroatoms. The summed E-state index contributed by atoms with van der Waals surface area (Å²) in [7, 11) is 3.35. The minimum Gasteiger partial charge on any atom is -0.493 e. The molecule has 28 heavy (non-hydrogen) atoms. The minimum atomic E-state index is 0.284. The predicted octanol–water partition coefficient (Wildman–Crippen LogP) is 4.07. The number of aryl methyl sites for hydroxylation is 1. The molecule has 0 amide bonds. The van der Waals surface area contributed by atoms with Gasteiger partial charge in [0, 0.05) is 18.4 Å². The summed E-state index contributed by atoms with van der Waals surface area (Å²) in [6.45, 7) is 2.09. The topological polar surface area (TPSA) is 66.6 Å². The van der Waals surface area contributed by atoms with Crippen LogP contribution < -0.4 is 14.8 Å². The molecule has 2 aliphatic rings. The summed E-state index contributed by atoms with van der Waals surface area (Å²) in [5.74, 6) is 3.24. The lowest BCUT2D eigenvalue weighted by atomic mass is 9.87. The molecular weight excluding hydrogens is 350 g/mol. The van der Waals surface area contributed by atoms with Crippen molar-refractivity contribution in [3.05, 3.63) is 58.7 Å². The van der Waals surface area contributed by atoms with Crippen molar-refractivity contribution >= 4 is 5.84 Å². The lowest BCUT2D eigenvalue weighted by Gasteiger charge is -2.27. The Hall–Kier alpha value is -3.00. The Morgan fingerprint density at radius 3 is 2.54 bits per heavy atom. The van der Waals surface area contributed by atoms with Gasteiger partial charge in [0.25, 0.3) is 0 Å². The van der Waals surface area contributed by atoms with Crippen LogP contribution in [0.5, 0.6) is 11.5 Å². The van der Waals surface area contributed by atoms with Gasteiger partial charge in [-0.05, 0) is 60.1 Å². The van der Waals surface area contributed by atoms with E-state index in [4.69, 9.17) is 14.7 Å². The summed E-state index contributed by atoms with van der Waals surface area (Å²) in [5, 5.41) is 12.8. The quantitative estimate of drug-likeness (QED) is 0.486. The second kappa shape index (κ2) is 7.55. The van der Waals surface area contributed by atoms with Gasteiger partial charge >= 0.3 is 0 Å². The molecule has 0 saturated heterocycles. The van der Waals surface area contributed by atoms with Crippen molar-refractivity contribution in [3.63, 3.8) is 0 Å². The zero-order valence-corrected chi connectivity index (χ0v) is 16.5. The van der Waals surface area contributed by atoms with Crippen LogP contribution in [0.3, 0.4) is 0 Å². The monoisotopic (exact) mass is 375 g/mol. The molecular formula is C23H25N3O2. The van der Waals surface area contributed by atoms with Crippen molar-refractivity contribution in [2.45, 2.75) is 44.1 Å². The fourth-order valence-electron chi connectivity index (χ4n) is 4.77. The van der Waals surface area contributed by atoms with E-state index in [1.165, 1.54) is 22.3 Å². The van der Waals surface area contributed by atoms with E-state index in [2.05, 4.69) is 41.5 Å². The standard InChI is InChI=1S/C23H25N3O2/c1-14-6-4-5-7-15(14)10-23(25-13-24)26-20-9-16-8-19(20)18-12-22(28-3)21(27-2)11-17(16)18/h4-7,11-12,16,19-20H,8-10H2,1-3H3,(H,25,26)/t16-,19-,20-/m0/s1. The second-order valence-corrected chi connectivity index (χ2v) is 7.62. The van der Waals surface area contributed by atoms with Gasteiger partial charge in [-0.3, -0.25) is 0 Å². The largest absolute Gasteiger partial charge is 0.493 e. The number of ether oxygens (including phenoxy) is 2. The van der Waals surface area contributed by atoms with Crippen LogP contribution in [0.25, 0.3) is 0 Å². The van der Waals surface area contributed by atoms with Crippen molar-refractivity contribution in [1.82, 2.24) is 5.32 Å². The molecule has 1 saturated carbocycles. The number of methoxy groups -OCH3 is 2. The lowest BCUT2D eigenvalue weighted by molar-refractivity contribution is 0.353. The highest BCUT2D eigenvalue weighted by molar-refractivity contribution is 5.86. The molecule has 2 aromatic carbocycles. The Morgan fingerprint density at radius 2 is 1.86 bits per heavy atom. The van der Waals surface area contributed by atoms with Gasteiger partial charge in [-0.2, -0.15) is 10.3 Å². The van der Waals surface area contributed by atoms with Crippen molar-refractivity contribution in [2.24, 2.45) is 4.99 Å². The molecule has 0 aromatic heterocycles. The van der Waals surface area contributed by atoms with Gasteiger partial charge in [-0.1, -0.05) is 24.3 Å². The van der Waals surface area contributed by atoms with E-state index in [0.29, 0.717) is 18.3 Å². The third-order valence-electron chi connectivity index (χ3n) is 6.15. The summed E-state index contributed by atoms with van der Waals surface area (Å²) >= 11 is 0. The first-order chi connectivity index (χ1) is 13.6. The van der Waals surface area contributed by atoms with Gasteiger partial charge in [0.1, 0.15) is 5.84 Å². The number of hydrogen-bond acceptors (Lipinski definition) is 4. The predicted molar refractivity (Wildman–Crippen MR) is 109 cm³/mol. The zero-order valence-electron chi connectivity index (χ0n) is 16.5. The first-order valence-corrected chi connectivity index (χ1v) is 9.67. The van der Waals surface area contributed by atoms with E-state index in [1.54, 1.807) is 14.2 Å². The van der Waals surface area contributed by atoms with E-state index < -0.39 is 0 Å². The average molecular weight is 375 g/mol. The van der Waals surface area contributed by atoms with Gasteiger partial charge in [-0.15, -0.1) is 0 Å². The fourth-order valence-corrected chi connectivity index (χ4v) is 4.77. The molecule has 5 nitrogen and oxygen atoms in total. The number of nitriles is 1. The molecule has 1 fully saturated rings. The van der Waals surface area contributed by atoms with E-state index in [-0.39, 0.29) is 6.04 Å². The molecule has 4 rings (SSSR count). The Kier molecular flexibility index (Phi) is 4.95. The molecule has 3 atom stereocenters. The van der Waals surface area contributed by atoms with Crippen molar-refractivity contribution in [3.8, 4) is 17.7 Å². The third kappa shape index (κ3) is 3.20. The van der Waals surface area contributed by atoms with Crippen LogP contribution in [-0.2, 0) is 6.42 Å². The molecule has 0 unspecified atom stereocenters. The normalized spacial score (nSPS) is 22.5. The van der Waals surface area contributed by atoms with E-state index in [9.17, 15) is 0 Å². The molecule has 0 heterocycles. The van der Waals surface area contributed by atoms with Crippen LogP contribution in [-0.4, -0.2) is 26.1 Å². The second-order valence-electron chi connectivity index (χ2n) is 7.62. The highest BCUT2D eigenvalue weighted by atomic mass is 16.5. The van der Waals surface area contributed by atoms with Gasteiger partial charge in [0.05, 0.1) is 14.2 Å². The van der Waals surface area contributed by atoms with Gasteiger partial charge in [0.15, 0.2) is 11.5 Å². The number of benzene rings is 2. The van der Waals surface area contributed by atoms with E-state index >= 15 is 0 Å². The van der Waals surface area contributed by atoms with Gasteiger partial charge in [-0.25, -0.2) is 0 Å². The van der Waals surface area contributed by atoms with Crippen LogP contribution in [0.15, 0.2) is 41.4 Å². The van der Waals surface area contributed by atoms with Crippen molar-refractivity contribution in [1.29, 1.82) is 5.26 Å².